The van der Waals surface area contributed by atoms with Crippen molar-refractivity contribution < 1.29 is 4.74 Å². The van der Waals surface area contributed by atoms with Crippen molar-refractivity contribution in [1.29, 1.82) is 0 Å². The van der Waals surface area contributed by atoms with Crippen molar-refractivity contribution in [1.82, 2.24) is 14.4 Å². The molecular weight excluding hydrogens is 218 g/mol. The number of rotatable bonds is 0. The van der Waals surface area contributed by atoms with Gasteiger partial charge in [-0.3, -0.25) is 9.20 Å². The minimum atomic E-state index is -0.0103. The third-order valence-corrected chi connectivity index (χ3v) is 3.17. The monoisotopic (exact) mass is 231 g/mol. The number of hydrogen-bond donors (Lipinski definition) is 0. The summed E-state index contributed by atoms with van der Waals surface area (Å²) in [5.74, 6) is 0.461. The topological polar surface area (TPSA) is 56.5 Å². The molecule has 0 atom stereocenters. The second kappa shape index (κ2) is 3.63. The molecule has 0 unspecified atom stereocenters. The molecule has 0 bridgehead atoms. The Balaban J connectivity index is 2.40. The van der Waals surface area contributed by atoms with E-state index < -0.39 is 0 Å². The summed E-state index contributed by atoms with van der Waals surface area (Å²) < 4.78 is 6.85. The Kier molecular flexibility index (Phi) is 2.22. The van der Waals surface area contributed by atoms with E-state index in [0.717, 1.165) is 22.5 Å². The molecule has 0 spiro atoms. The summed E-state index contributed by atoms with van der Waals surface area (Å²) in [6.45, 7) is 4.86. The summed E-state index contributed by atoms with van der Waals surface area (Å²) >= 11 is 0. The highest BCUT2D eigenvalue weighted by molar-refractivity contribution is 5.36. The Labute approximate surface area is 98.1 Å². The van der Waals surface area contributed by atoms with Gasteiger partial charge in [0, 0.05) is 23.9 Å². The molecule has 3 rings (SSSR count). The van der Waals surface area contributed by atoms with Crippen molar-refractivity contribution in [2.75, 3.05) is 6.61 Å². The van der Waals surface area contributed by atoms with Crippen LogP contribution in [0.15, 0.2) is 11.0 Å². The molecule has 5 nitrogen and oxygen atoms in total. The molecule has 1 aliphatic heterocycles. The first kappa shape index (κ1) is 10.4. The first-order valence-electron chi connectivity index (χ1n) is 5.63. The van der Waals surface area contributed by atoms with E-state index in [-0.39, 0.29) is 5.56 Å². The molecule has 2 aromatic heterocycles. The van der Waals surface area contributed by atoms with Crippen molar-refractivity contribution >= 4 is 5.78 Å². The van der Waals surface area contributed by atoms with E-state index in [0.29, 0.717) is 25.4 Å². The fraction of sp³-hybridized carbons (Fsp3) is 0.417. The van der Waals surface area contributed by atoms with Crippen LogP contribution in [0.5, 0.6) is 0 Å². The van der Waals surface area contributed by atoms with Crippen LogP contribution in [0.3, 0.4) is 0 Å². The SMILES string of the molecule is Cc1cn2c(=O)c3c(nc2nc1C)COCC3. The highest BCUT2D eigenvalue weighted by Crippen LogP contribution is 2.12. The summed E-state index contributed by atoms with van der Waals surface area (Å²) in [5.41, 5.74) is 3.38. The van der Waals surface area contributed by atoms with Crippen LogP contribution in [0, 0.1) is 13.8 Å². The molecule has 0 radical (unpaired) electrons. The van der Waals surface area contributed by atoms with Gasteiger partial charge in [0.15, 0.2) is 0 Å². The lowest BCUT2D eigenvalue weighted by Gasteiger charge is -2.15. The van der Waals surface area contributed by atoms with Crippen LogP contribution in [-0.4, -0.2) is 21.0 Å². The highest BCUT2D eigenvalue weighted by Gasteiger charge is 2.17. The summed E-state index contributed by atoms with van der Waals surface area (Å²) in [5, 5.41) is 0. The van der Waals surface area contributed by atoms with Gasteiger partial charge in [-0.05, 0) is 19.4 Å². The molecular formula is C12H13N3O2. The maximum atomic E-state index is 12.3. The Morgan fingerprint density at radius 3 is 3.00 bits per heavy atom. The van der Waals surface area contributed by atoms with Crippen LogP contribution in [0.4, 0.5) is 0 Å². The Morgan fingerprint density at radius 2 is 2.18 bits per heavy atom. The molecule has 0 fully saturated rings. The van der Waals surface area contributed by atoms with Crippen molar-refractivity contribution in [3.8, 4) is 0 Å². The van der Waals surface area contributed by atoms with Crippen LogP contribution in [0.25, 0.3) is 5.78 Å². The first-order chi connectivity index (χ1) is 8.16. The molecule has 0 saturated heterocycles. The van der Waals surface area contributed by atoms with Gasteiger partial charge in [0.05, 0.1) is 18.9 Å². The van der Waals surface area contributed by atoms with Crippen LogP contribution >= 0.6 is 0 Å². The molecule has 0 aromatic carbocycles. The van der Waals surface area contributed by atoms with Gasteiger partial charge in [-0.1, -0.05) is 0 Å². The maximum Gasteiger partial charge on any atom is 0.262 e. The van der Waals surface area contributed by atoms with E-state index in [1.54, 1.807) is 0 Å². The van der Waals surface area contributed by atoms with Crippen LogP contribution < -0.4 is 5.56 Å². The van der Waals surface area contributed by atoms with Crippen molar-refractivity contribution in [2.45, 2.75) is 26.9 Å². The second-order valence-corrected chi connectivity index (χ2v) is 4.32. The maximum absolute atomic E-state index is 12.3. The zero-order chi connectivity index (χ0) is 12.0. The van der Waals surface area contributed by atoms with Crippen LogP contribution in [-0.2, 0) is 17.8 Å². The zero-order valence-electron chi connectivity index (χ0n) is 9.86. The normalized spacial score (nSPS) is 14.9. The van der Waals surface area contributed by atoms with Crippen molar-refractivity contribution in [2.24, 2.45) is 0 Å². The molecule has 1 aliphatic rings. The molecule has 0 aliphatic carbocycles. The minimum absolute atomic E-state index is 0.0103. The highest BCUT2D eigenvalue weighted by atomic mass is 16.5. The number of ether oxygens (including phenoxy) is 1. The fourth-order valence-corrected chi connectivity index (χ4v) is 2.04. The van der Waals surface area contributed by atoms with E-state index >= 15 is 0 Å². The van der Waals surface area contributed by atoms with Gasteiger partial charge in [0.2, 0.25) is 5.78 Å². The predicted octanol–water partition coefficient (Wildman–Crippen LogP) is 0.779. The van der Waals surface area contributed by atoms with Crippen LogP contribution in [0.2, 0.25) is 0 Å². The van der Waals surface area contributed by atoms with Crippen LogP contribution in [0.1, 0.15) is 22.5 Å². The van der Waals surface area contributed by atoms with Gasteiger partial charge in [-0.25, -0.2) is 9.97 Å². The minimum Gasteiger partial charge on any atom is -0.375 e. The van der Waals surface area contributed by atoms with Gasteiger partial charge in [0.25, 0.3) is 5.56 Å². The van der Waals surface area contributed by atoms with Gasteiger partial charge in [0.1, 0.15) is 0 Å². The first-order valence-corrected chi connectivity index (χ1v) is 5.63. The predicted molar refractivity (Wildman–Crippen MR) is 62.1 cm³/mol. The smallest absolute Gasteiger partial charge is 0.262 e. The quantitative estimate of drug-likeness (QED) is 0.672. The Morgan fingerprint density at radius 1 is 1.35 bits per heavy atom. The number of hydrogen-bond acceptors (Lipinski definition) is 4. The molecule has 17 heavy (non-hydrogen) atoms. The van der Waals surface area contributed by atoms with E-state index in [1.165, 1.54) is 4.40 Å². The van der Waals surface area contributed by atoms with Crippen molar-refractivity contribution in [3.05, 3.63) is 39.1 Å². The molecule has 0 saturated carbocycles. The van der Waals surface area contributed by atoms with Gasteiger partial charge >= 0.3 is 0 Å². The molecule has 3 heterocycles. The lowest BCUT2D eigenvalue weighted by molar-refractivity contribution is 0.107. The lowest BCUT2D eigenvalue weighted by atomic mass is 10.1. The fourth-order valence-electron chi connectivity index (χ4n) is 2.04. The molecule has 2 aromatic rings. The largest absolute Gasteiger partial charge is 0.375 e. The summed E-state index contributed by atoms with van der Waals surface area (Å²) in [6.07, 6.45) is 2.44. The summed E-state index contributed by atoms with van der Waals surface area (Å²) in [7, 11) is 0. The molecule has 0 N–H and O–H groups in total. The molecule has 0 amide bonds. The van der Waals surface area contributed by atoms with Gasteiger partial charge < -0.3 is 4.74 Å². The van der Waals surface area contributed by atoms with E-state index in [2.05, 4.69) is 9.97 Å². The third-order valence-electron chi connectivity index (χ3n) is 3.17. The molecule has 88 valence electrons. The average Bonchev–Trinajstić information content (AvgIpc) is 2.32. The summed E-state index contributed by atoms with van der Waals surface area (Å²) in [6, 6.07) is 0. The van der Waals surface area contributed by atoms with Gasteiger partial charge in [-0.15, -0.1) is 0 Å². The van der Waals surface area contributed by atoms with E-state index in [9.17, 15) is 4.79 Å². The second-order valence-electron chi connectivity index (χ2n) is 4.32. The lowest BCUT2D eigenvalue weighted by Crippen LogP contribution is -2.27. The number of nitrogens with zero attached hydrogens (tertiary/aromatic N) is 3. The standard InChI is InChI=1S/C12H13N3O2/c1-7-5-15-11(16)9-3-4-17-6-10(9)14-12(15)13-8(7)2/h5H,3-4,6H2,1-2H3. The number of aryl methyl sites for hydroxylation is 2. The zero-order valence-corrected chi connectivity index (χ0v) is 9.86. The summed E-state index contributed by atoms with van der Waals surface area (Å²) in [4.78, 5) is 21.0. The molecule has 5 heteroatoms. The van der Waals surface area contributed by atoms with Gasteiger partial charge in [-0.2, -0.15) is 0 Å². The number of fused-ring (bicyclic) bond motifs is 2. The number of aromatic nitrogens is 3. The Hall–Kier alpha value is -1.75. The van der Waals surface area contributed by atoms with E-state index in [1.807, 2.05) is 20.0 Å². The average molecular weight is 231 g/mol. The Bertz CT molecular complexity index is 661. The van der Waals surface area contributed by atoms with E-state index in [4.69, 9.17) is 4.74 Å². The third kappa shape index (κ3) is 1.54. The van der Waals surface area contributed by atoms with Crippen molar-refractivity contribution in [3.63, 3.8) is 0 Å².